The number of rotatable bonds is 6. The molecule has 1 N–H and O–H groups in total. The molecule has 3 aliphatic rings. The zero-order chi connectivity index (χ0) is 21.6. The van der Waals surface area contributed by atoms with Crippen LogP contribution in [0.15, 0.2) is 24.3 Å². The van der Waals surface area contributed by atoms with Crippen molar-refractivity contribution >= 4 is 18.5 Å². The summed E-state index contributed by atoms with van der Waals surface area (Å²) in [5.74, 6) is 0.860. The molecule has 6 heteroatoms. The van der Waals surface area contributed by atoms with E-state index in [0.29, 0.717) is 24.2 Å². The monoisotopic (exact) mass is 413 g/mol. The standard InChI is InChI=1S/C24H36BNO4/c1-22(2)23(3,4)30-25(29-22)19-10-8-18(9-11-19)20-17-24(20)12-14-26(15-13-24)21(28)7-5-6-16-27/h8-11,20,27H,5-7,12-17H2,1-4H3. The van der Waals surface area contributed by atoms with Gasteiger partial charge in [0.1, 0.15) is 0 Å². The number of aliphatic hydroxyl groups excluding tert-OH is 1. The van der Waals surface area contributed by atoms with Gasteiger partial charge < -0.3 is 19.3 Å². The Bertz CT molecular complexity index is 752. The predicted octanol–water partition coefficient (Wildman–Crippen LogP) is 3.24. The molecule has 4 rings (SSSR count). The molecular formula is C24H36BNO4. The van der Waals surface area contributed by atoms with Gasteiger partial charge in [-0.1, -0.05) is 24.3 Å². The van der Waals surface area contributed by atoms with Gasteiger partial charge in [-0.05, 0) is 82.2 Å². The van der Waals surface area contributed by atoms with Crippen molar-refractivity contribution in [1.82, 2.24) is 4.90 Å². The zero-order valence-corrected chi connectivity index (χ0v) is 18.9. The number of hydrogen-bond donors (Lipinski definition) is 1. The van der Waals surface area contributed by atoms with E-state index in [1.165, 1.54) is 12.0 Å². The first-order valence-electron chi connectivity index (χ1n) is 11.5. The van der Waals surface area contributed by atoms with E-state index in [4.69, 9.17) is 14.4 Å². The molecule has 5 nitrogen and oxygen atoms in total. The van der Waals surface area contributed by atoms with Crippen LogP contribution < -0.4 is 5.46 Å². The van der Waals surface area contributed by atoms with Crippen LogP contribution in [0.1, 0.15) is 77.7 Å². The predicted molar refractivity (Wildman–Crippen MR) is 119 cm³/mol. The van der Waals surface area contributed by atoms with Gasteiger partial charge in [0.05, 0.1) is 11.2 Å². The first kappa shape index (κ1) is 21.9. The third-order valence-electron chi connectivity index (χ3n) is 7.96. The average Bonchev–Trinajstić information content (AvgIpc) is 3.34. The van der Waals surface area contributed by atoms with Crippen molar-refractivity contribution in [3.8, 4) is 0 Å². The number of piperidine rings is 1. The first-order valence-corrected chi connectivity index (χ1v) is 11.5. The van der Waals surface area contributed by atoms with E-state index >= 15 is 0 Å². The number of amides is 1. The molecule has 0 radical (unpaired) electrons. The molecule has 1 saturated carbocycles. The largest absolute Gasteiger partial charge is 0.494 e. The van der Waals surface area contributed by atoms with E-state index in [1.807, 2.05) is 4.90 Å². The Hall–Kier alpha value is -1.37. The van der Waals surface area contributed by atoms with Gasteiger partial charge in [-0.25, -0.2) is 0 Å². The zero-order valence-electron chi connectivity index (χ0n) is 18.9. The number of nitrogens with zero attached hydrogens (tertiary/aromatic N) is 1. The second-order valence-electron chi connectivity index (χ2n) is 10.4. The highest BCUT2D eigenvalue weighted by Crippen LogP contribution is 2.64. The van der Waals surface area contributed by atoms with Gasteiger partial charge in [0.25, 0.3) is 0 Å². The van der Waals surface area contributed by atoms with Gasteiger partial charge in [0, 0.05) is 26.1 Å². The topological polar surface area (TPSA) is 59.0 Å². The second kappa shape index (κ2) is 7.96. The Kier molecular flexibility index (Phi) is 5.80. The van der Waals surface area contributed by atoms with Crippen LogP contribution in [0, 0.1) is 5.41 Å². The normalized spacial score (nSPS) is 26.2. The van der Waals surface area contributed by atoms with Crippen molar-refractivity contribution in [2.45, 2.75) is 83.3 Å². The van der Waals surface area contributed by atoms with E-state index in [-0.39, 0.29) is 30.8 Å². The van der Waals surface area contributed by atoms with Crippen molar-refractivity contribution in [1.29, 1.82) is 0 Å². The maximum absolute atomic E-state index is 12.3. The minimum atomic E-state index is -0.319. The van der Waals surface area contributed by atoms with Crippen LogP contribution in [0.2, 0.25) is 0 Å². The second-order valence-corrected chi connectivity index (χ2v) is 10.4. The highest BCUT2D eigenvalue weighted by molar-refractivity contribution is 6.62. The number of carbonyl (C=O) groups is 1. The SMILES string of the molecule is CC1(C)OB(c2ccc(C3CC34CCN(C(=O)CCCCO)CC4)cc2)OC1(C)C. The molecule has 2 aliphatic heterocycles. The highest BCUT2D eigenvalue weighted by Gasteiger charge is 2.56. The van der Waals surface area contributed by atoms with E-state index in [0.717, 1.165) is 37.8 Å². The molecule has 3 fully saturated rings. The Balaban J connectivity index is 1.32. The van der Waals surface area contributed by atoms with Gasteiger partial charge >= 0.3 is 7.12 Å². The number of benzene rings is 1. The molecule has 2 saturated heterocycles. The number of carbonyl (C=O) groups excluding carboxylic acids is 1. The van der Waals surface area contributed by atoms with Crippen molar-refractivity contribution in [2.75, 3.05) is 19.7 Å². The summed E-state index contributed by atoms with van der Waals surface area (Å²) in [5.41, 5.74) is 2.22. The van der Waals surface area contributed by atoms with E-state index in [9.17, 15) is 4.79 Å². The summed E-state index contributed by atoms with van der Waals surface area (Å²) in [6.45, 7) is 10.3. The average molecular weight is 413 g/mol. The fourth-order valence-corrected chi connectivity index (χ4v) is 4.98. The van der Waals surface area contributed by atoms with Gasteiger partial charge in [0.15, 0.2) is 0 Å². The molecule has 1 spiro atoms. The van der Waals surface area contributed by atoms with Crippen molar-refractivity contribution < 1.29 is 19.2 Å². The third-order valence-corrected chi connectivity index (χ3v) is 7.96. The van der Waals surface area contributed by atoms with Gasteiger partial charge in [0.2, 0.25) is 5.91 Å². The minimum absolute atomic E-state index is 0.172. The third kappa shape index (κ3) is 4.06. The lowest BCUT2D eigenvalue weighted by molar-refractivity contribution is -0.132. The number of aliphatic hydroxyl groups is 1. The molecule has 164 valence electrons. The maximum Gasteiger partial charge on any atom is 0.494 e. The van der Waals surface area contributed by atoms with Gasteiger partial charge in [-0.15, -0.1) is 0 Å². The summed E-state index contributed by atoms with van der Waals surface area (Å²) in [7, 11) is -0.308. The lowest BCUT2D eigenvalue weighted by atomic mass is 9.78. The van der Waals surface area contributed by atoms with Crippen LogP contribution in [0.5, 0.6) is 0 Å². The Morgan fingerprint density at radius 1 is 1.07 bits per heavy atom. The fourth-order valence-electron chi connectivity index (χ4n) is 4.98. The molecule has 0 aromatic heterocycles. The molecule has 1 amide bonds. The molecule has 1 aliphatic carbocycles. The van der Waals surface area contributed by atoms with E-state index in [2.05, 4.69) is 52.0 Å². The van der Waals surface area contributed by atoms with Crippen LogP contribution in [0.4, 0.5) is 0 Å². The number of likely N-dealkylation sites (tertiary alicyclic amines) is 1. The van der Waals surface area contributed by atoms with Crippen LogP contribution in [-0.2, 0) is 14.1 Å². The van der Waals surface area contributed by atoms with Gasteiger partial charge in [-0.3, -0.25) is 4.79 Å². The summed E-state index contributed by atoms with van der Waals surface area (Å²) in [6.07, 6.45) is 5.50. The van der Waals surface area contributed by atoms with E-state index < -0.39 is 0 Å². The van der Waals surface area contributed by atoms with Crippen molar-refractivity contribution in [3.05, 3.63) is 29.8 Å². The highest BCUT2D eigenvalue weighted by atomic mass is 16.7. The molecule has 1 aromatic carbocycles. The first-order chi connectivity index (χ1) is 14.2. The summed E-state index contributed by atoms with van der Waals surface area (Å²) in [4.78, 5) is 14.4. The lowest BCUT2D eigenvalue weighted by Gasteiger charge is -2.33. The molecule has 1 unspecified atom stereocenters. The summed E-state index contributed by atoms with van der Waals surface area (Å²) in [6, 6.07) is 8.80. The molecule has 0 bridgehead atoms. The molecule has 2 heterocycles. The Morgan fingerprint density at radius 2 is 1.67 bits per heavy atom. The maximum atomic E-state index is 12.3. The smallest absolute Gasteiger partial charge is 0.399 e. The minimum Gasteiger partial charge on any atom is -0.399 e. The Morgan fingerprint density at radius 3 is 2.23 bits per heavy atom. The molecule has 30 heavy (non-hydrogen) atoms. The lowest BCUT2D eigenvalue weighted by Crippen LogP contribution is -2.41. The Labute approximate surface area is 181 Å². The molecule has 1 aromatic rings. The number of hydrogen-bond acceptors (Lipinski definition) is 4. The summed E-state index contributed by atoms with van der Waals surface area (Å²) in [5, 5.41) is 8.89. The fraction of sp³-hybridized carbons (Fsp3) is 0.708. The van der Waals surface area contributed by atoms with Gasteiger partial charge in [-0.2, -0.15) is 0 Å². The quantitative estimate of drug-likeness (QED) is 0.575. The molecular weight excluding hydrogens is 377 g/mol. The van der Waals surface area contributed by atoms with E-state index in [1.54, 1.807) is 0 Å². The summed E-state index contributed by atoms with van der Waals surface area (Å²) < 4.78 is 12.3. The van der Waals surface area contributed by atoms with Crippen LogP contribution in [0.25, 0.3) is 0 Å². The summed E-state index contributed by atoms with van der Waals surface area (Å²) >= 11 is 0. The van der Waals surface area contributed by atoms with Crippen LogP contribution in [0.3, 0.4) is 0 Å². The van der Waals surface area contributed by atoms with Crippen molar-refractivity contribution in [2.24, 2.45) is 5.41 Å². The number of unbranched alkanes of at least 4 members (excludes halogenated alkanes) is 1. The molecule has 1 atom stereocenters. The van der Waals surface area contributed by atoms with Crippen LogP contribution in [-0.4, -0.2) is 53.9 Å². The van der Waals surface area contributed by atoms with Crippen LogP contribution >= 0.6 is 0 Å². The van der Waals surface area contributed by atoms with Crippen molar-refractivity contribution in [3.63, 3.8) is 0 Å².